The monoisotopic (exact) mass is 312 g/mol. The molecule has 0 bridgehead atoms. The molecule has 0 saturated heterocycles. The third kappa shape index (κ3) is 4.13. The molecule has 0 heterocycles. The quantitative estimate of drug-likeness (QED) is 0.572. The van der Waals surface area contributed by atoms with E-state index in [-0.39, 0.29) is 5.78 Å². The summed E-state index contributed by atoms with van der Waals surface area (Å²) in [5.74, 6) is 1.76. The van der Waals surface area contributed by atoms with Gasteiger partial charge in [-0.2, -0.15) is 0 Å². The Bertz CT molecular complexity index is 704. The minimum absolute atomic E-state index is 0.114. The van der Waals surface area contributed by atoms with E-state index in [4.69, 9.17) is 14.2 Å². The Morgan fingerprint density at radius 2 is 1.74 bits per heavy atom. The van der Waals surface area contributed by atoms with Crippen LogP contribution in [0.5, 0.6) is 17.2 Å². The highest BCUT2D eigenvalue weighted by atomic mass is 16.5. The second-order valence-corrected chi connectivity index (χ2v) is 4.74. The van der Waals surface area contributed by atoms with E-state index < -0.39 is 0 Å². The number of hydrogen-bond donors (Lipinski definition) is 0. The SMILES string of the molecule is CCOc1ccccc1/C=C/C(=O)c1ccc(OC)c(OC)c1. The van der Waals surface area contributed by atoms with Crippen molar-refractivity contribution in [3.05, 3.63) is 59.7 Å². The smallest absolute Gasteiger partial charge is 0.185 e. The molecular formula is C19H20O4. The van der Waals surface area contributed by atoms with Crippen LogP contribution in [0.2, 0.25) is 0 Å². The number of carbonyl (C=O) groups excluding carboxylic acids is 1. The molecule has 0 spiro atoms. The molecule has 0 unspecified atom stereocenters. The molecule has 4 nitrogen and oxygen atoms in total. The van der Waals surface area contributed by atoms with E-state index in [9.17, 15) is 4.79 Å². The van der Waals surface area contributed by atoms with E-state index in [2.05, 4.69) is 0 Å². The van der Waals surface area contributed by atoms with Crippen LogP contribution in [0, 0.1) is 0 Å². The Morgan fingerprint density at radius 3 is 2.43 bits per heavy atom. The van der Waals surface area contributed by atoms with Gasteiger partial charge < -0.3 is 14.2 Å². The van der Waals surface area contributed by atoms with E-state index in [0.717, 1.165) is 11.3 Å². The number of para-hydroxylation sites is 1. The molecule has 2 aromatic carbocycles. The lowest BCUT2D eigenvalue weighted by molar-refractivity contribution is 0.104. The average molecular weight is 312 g/mol. The van der Waals surface area contributed by atoms with Gasteiger partial charge in [0.2, 0.25) is 0 Å². The van der Waals surface area contributed by atoms with Crippen molar-refractivity contribution in [2.24, 2.45) is 0 Å². The maximum Gasteiger partial charge on any atom is 0.185 e. The number of allylic oxidation sites excluding steroid dienone is 1. The van der Waals surface area contributed by atoms with Crippen molar-refractivity contribution in [2.45, 2.75) is 6.92 Å². The van der Waals surface area contributed by atoms with Gasteiger partial charge in [-0.25, -0.2) is 0 Å². The van der Waals surface area contributed by atoms with Crippen LogP contribution in [0.25, 0.3) is 6.08 Å². The van der Waals surface area contributed by atoms with Crippen LogP contribution < -0.4 is 14.2 Å². The molecule has 0 amide bonds. The first-order valence-corrected chi connectivity index (χ1v) is 7.35. The van der Waals surface area contributed by atoms with E-state index in [1.54, 1.807) is 38.5 Å². The Balaban J connectivity index is 2.22. The van der Waals surface area contributed by atoms with Gasteiger partial charge in [-0.15, -0.1) is 0 Å². The van der Waals surface area contributed by atoms with Crippen molar-refractivity contribution in [2.75, 3.05) is 20.8 Å². The number of rotatable bonds is 7. The summed E-state index contributed by atoms with van der Waals surface area (Å²) in [6.07, 6.45) is 3.28. The Labute approximate surface area is 136 Å². The highest BCUT2D eigenvalue weighted by Crippen LogP contribution is 2.28. The van der Waals surface area contributed by atoms with Crippen molar-refractivity contribution in [1.82, 2.24) is 0 Å². The van der Waals surface area contributed by atoms with E-state index >= 15 is 0 Å². The Morgan fingerprint density at radius 1 is 1.00 bits per heavy atom. The number of hydrogen-bond acceptors (Lipinski definition) is 4. The van der Waals surface area contributed by atoms with Crippen molar-refractivity contribution in [1.29, 1.82) is 0 Å². The lowest BCUT2D eigenvalue weighted by Crippen LogP contribution is -1.98. The Hall–Kier alpha value is -2.75. The molecule has 0 aliphatic heterocycles. The normalized spacial score (nSPS) is 10.6. The average Bonchev–Trinajstić information content (AvgIpc) is 2.60. The highest BCUT2D eigenvalue weighted by molar-refractivity contribution is 6.07. The maximum absolute atomic E-state index is 12.3. The summed E-state index contributed by atoms with van der Waals surface area (Å²) in [5, 5.41) is 0. The first-order chi connectivity index (χ1) is 11.2. The van der Waals surface area contributed by atoms with Crippen LogP contribution in [0.3, 0.4) is 0 Å². The molecule has 2 rings (SSSR count). The first kappa shape index (κ1) is 16.6. The molecule has 0 aromatic heterocycles. The largest absolute Gasteiger partial charge is 0.493 e. The van der Waals surface area contributed by atoms with Gasteiger partial charge in [0.05, 0.1) is 20.8 Å². The summed E-state index contributed by atoms with van der Waals surface area (Å²) < 4.78 is 15.9. The van der Waals surface area contributed by atoms with Gasteiger partial charge in [-0.3, -0.25) is 4.79 Å². The summed E-state index contributed by atoms with van der Waals surface area (Å²) >= 11 is 0. The standard InChI is InChI=1S/C19H20O4/c1-4-23-17-8-6-5-7-14(17)9-11-16(20)15-10-12-18(21-2)19(13-15)22-3/h5-13H,4H2,1-3H3/b11-9+. The number of carbonyl (C=O) groups is 1. The van der Waals surface area contributed by atoms with E-state index in [0.29, 0.717) is 23.7 Å². The zero-order chi connectivity index (χ0) is 16.7. The molecule has 120 valence electrons. The predicted octanol–water partition coefficient (Wildman–Crippen LogP) is 4.00. The minimum atomic E-state index is -0.114. The molecular weight excluding hydrogens is 292 g/mol. The molecule has 0 saturated carbocycles. The zero-order valence-electron chi connectivity index (χ0n) is 13.5. The Kier molecular flexibility index (Phi) is 5.80. The highest BCUT2D eigenvalue weighted by Gasteiger charge is 2.09. The van der Waals surface area contributed by atoms with Crippen LogP contribution in [-0.4, -0.2) is 26.6 Å². The number of ketones is 1. The van der Waals surface area contributed by atoms with Gasteiger partial charge in [-0.1, -0.05) is 18.2 Å². The van der Waals surface area contributed by atoms with Gasteiger partial charge in [0.15, 0.2) is 17.3 Å². The van der Waals surface area contributed by atoms with Crippen LogP contribution in [-0.2, 0) is 0 Å². The minimum Gasteiger partial charge on any atom is -0.493 e. The van der Waals surface area contributed by atoms with Gasteiger partial charge in [-0.05, 0) is 43.3 Å². The molecule has 23 heavy (non-hydrogen) atoms. The molecule has 0 aliphatic carbocycles. The maximum atomic E-state index is 12.3. The van der Waals surface area contributed by atoms with Crippen LogP contribution in [0.1, 0.15) is 22.8 Å². The third-order valence-electron chi connectivity index (χ3n) is 3.30. The third-order valence-corrected chi connectivity index (χ3v) is 3.30. The summed E-state index contributed by atoms with van der Waals surface area (Å²) in [6, 6.07) is 12.7. The summed E-state index contributed by atoms with van der Waals surface area (Å²) in [7, 11) is 3.10. The molecule has 0 aliphatic rings. The van der Waals surface area contributed by atoms with Crippen molar-refractivity contribution in [3.63, 3.8) is 0 Å². The van der Waals surface area contributed by atoms with Gasteiger partial charge in [0, 0.05) is 11.1 Å². The zero-order valence-corrected chi connectivity index (χ0v) is 13.5. The lowest BCUT2D eigenvalue weighted by Gasteiger charge is -2.08. The van der Waals surface area contributed by atoms with Crippen molar-refractivity contribution >= 4 is 11.9 Å². The molecule has 0 radical (unpaired) electrons. The van der Waals surface area contributed by atoms with Crippen molar-refractivity contribution < 1.29 is 19.0 Å². The fourth-order valence-corrected chi connectivity index (χ4v) is 2.16. The predicted molar refractivity (Wildman–Crippen MR) is 90.5 cm³/mol. The molecule has 2 aromatic rings. The van der Waals surface area contributed by atoms with Crippen LogP contribution in [0.4, 0.5) is 0 Å². The topological polar surface area (TPSA) is 44.8 Å². The second kappa shape index (κ2) is 8.03. The van der Waals surface area contributed by atoms with Crippen LogP contribution in [0.15, 0.2) is 48.5 Å². The fourth-order valence-electron chi connectivity index (χ4n) is 2.16. The summed E-state index contributed by atoms with van der Waals surface area (Å²) in [4.78, 5) is 12.3. The van der Waals surface area contributed by atoms with Gasteiger partial charge in [0.1, 0.15) is 5.75 Å². The van der Waals surface area contributed by atoms with Crippen molar-refractivity contribution in [3.8, 4) is 17.2 Å². The lowest BCUT2D eigenvalue weighted by atomic mass is 10.1. The summed E-state index contributed by atoms with van der Waals surface area (Å²) in [5.41, 5.74) is 1.40. The second-order valence-electron chi connectivity index (χ2n) is 4.74. The van der Waals surface area contributed by atoms with Gasteiger partial charge >= 0.3 is 0 Å². The fraction of sp³-hybridized carbons (Fsp3) is 0.211. The number of methoxy groups -OCH3 is 2. The molecule has 0 fully saturated rings. The van der Waals surface area contributed by atoms with E-state index in [1.807, 2.05) is 31.2 Å². The molecule has 4 heteroatoms. The first-order valence-electron chi connectivity index (χ1n) is 7.35. The van der Waals surface area contributed by atoms with Crippen LogP contribution >= 0.6 is 0 Å². The number of ether oxygens (including phenoxy) is 3. The van der Waals surface area contributed by atoms with Gasteiger partial charge in [0.25, 0.3) is 0 Å². The molecule has 0 N–H and O–H groups in total. The van der Waals surface area contributed by atoms with E-state index in [1.165, 1.54) is 6.08 Å². The molecule has 0 atom stereocenters. The summed E-state index contributed by atoms with van der Waals surface area (Å²) in [6.45, 7) is 2.50. The number of benzene rings is 2.